The van der Waals surface area contributed by atoms with Crippen molar-refractivity contribution in [2.24, 2.45) is 5.73 Å². The van der Waals surface area contributed by atoms with Gasteiger partial charge in [-0.3, -0.25) is 4.98 Å². The van der Waals surface area contributed by atoms with Crippen LogP contribution in [0.15, 0.2) is 35.1 Å². The number of aromatic nitrogens is 5. The van der Waals surface area contributed by atoms with Crippen LogP contribution in [-0.2, 0) is 6.54 Å². The number of aryl methyl sites for hydroxylation is 1. The highest BCUT2D eigenvalue weighted by atomic mass is 16.5. The molecule has 0 spiro atoms. The minimum absolute atomic E-state index is 0.361. The summed E-state index contributed by atoms with van der Waals surface area (Å²) in [6.45, 7) is 2.17. The minimum Gasteiger partial charge on any atom is -0.334 e. The van der Waals surface area contributed by atoms with Crippen LogP contribution in [0.5, 0.6) is 0 Å². The monoisotopic (exact) mass is 268 g/mol. The van der Waals surface area contributed by atoms with E-state index in [1.165, 1.54) is 0 Å². The Hall–Kier alpha value is -2.67. The van der Waals surface area contributed by atoms with E-state index in [1.54, 1.807) is 31.5 Å². The van der Waals surface area contributed by atoms with Crippen LogP contribution >= 0.6 is 0 Å². The molecule has 7 heteroatoms. The number of hydrogen-bond acceptors (Lipinski definition) is 7. The van der Waals surface area contributed by atoms with Crippen molar-refractivity contribution in [3.63, 3.8) is 0 Å². The van der Waals surface area contributed by atoms with E-state index in [0.717, 1.165) is 11.3 Å². The molecule has 7 nitrogen and oxygen atoms in total. The summed E-state index contributed by atoms with van der Waals surface area (Å²) in [5.74, 6) is 1.49. The fourth-order valence-electron chi connectivity index (χ4n) is 1.75. The van der Waals surface area contributed by atoms with Crippen LogP contribution in [0.4, 0.5) is 0 Å². The maximum Gasteiger partial charge on any atom is 0.258 e. The highest BCUT2D eigenvalue weighted by Gasteiger charge is 2.12. The Labute approximate surface area is 114 Å². The van der Waals surface area contributed by atoms with E-state index in [0.29, 0.717) is 29.8 Å². The summed E-state index contributed by atoms with van der Waals surface area (Å²) in [4.78, 5) is 16.7. The Kier molecular flexibility index (Phi) is 3.18. The zero-order chi connectivity index (χ0) is 13.9. The zero-order valence-electron chi connectivity index (χ0n) is 10.8. The van der Waals surface area contributed by atoms with Gasteiger partial charge in [0.1, 0.15) is 11.5 Å². The Balaban J connectivity index is 1.97. The third kappa shape index (κ3) is 2.39. The molecule has 20 heavy (non-hydrogen) atoms. The standard InChI is InChI=1S/C13H12N6O/c1-8-15-5-3-11(17-8)12-18-13(20-19-12)9-2-4-16-10(6-9)7-14/h2-6H,7,14H2,1H3. The zero-order valence-corrected chi connectivity index (χ0v) is 10.8. The van der Waals surface area contributed by atoms with Crippen molar-refractivity contribution in [2.45, 2.75) is 13.5 Å². The average Bonchev–Trinajstić information content (AvgIpc) is 2.97. The first kappa shape index (κ1) is 12.4. The number of hydrogen-bond donors (Lipinski definition) is 1. The molecule has 0 fully saturated rings. The van der Waals surface area contributed by atoms with Crippen LogP contribution in [0.3, 0.4) is 0 Å². The van der Waals surface area contributed by atoms with Crippen LogP contribution in [0.1, 0.15) is 11.5 Å². The average molecular weight is 268 g/mol. The molecule has 0 amide bonds. The fourth-order valence-corrected chi connectivity index (χ4v) is 1.75. The molecule has 0 bridgehead atoms. The third-order valence-electron chi connectivity index (χ3n) is 2.70. The molecule has 0 aliphatic carbocycles. The fraction of sp³-hybridized carbons (Fsp3) is 0.154. The first-order valence-electron chi connectivity index (χ1n) is 6.05. The lowest BCUT2D eigenvalue weighted by atomic mass is 10.2. The lowest BCUT2D eigenvalue weighted by Gasteiger charge is -1.97. The normalized spacial score (nSPS) is 10.7. The Bertz CT molecular complexity index is 739. The topological polar surface area (TPSA) is 104 Å². The molecular weight excluding hydrogens is 256 g/mol. The van der Waals surface area contributed by atoms with Crippen molar-refractivity contribution >= 4 is 0 Å². The molecule has 100 valence electrons. The molecule has 3 rings (SSSR count). The van der Waals surface area contributed by atoms with Gasteiger partial charge >= 0.3 is 0 Å². The van der Waals surface area contributed by atoms with Gasteiger partial charge in [-0.05, 0) is 25.1 Å². The van der Waals surface area contributed by atoms with Gasteiger partial charge in [0.15, 0.2) is 0 Å². The molecule has 0 aliphatic rings. The molecule has 3 heterocycles. The van der Waals surface area contributed by atoms with E-state index in [-0.39, 0.29) is 0 Å². The van der Waals surface area contributed by atoms with Gasteiger partial charge in [0.05, 0.1) is 5.69 Å². The molecule has 2 N–H and O–H groups in total. The number of pyridine rings is 1. The highest BCUT2D eigenvalue weighted by Crippen LogP contribution is 2.21. The first-order valence-corrected chi connectivity index (χ1v) is 6.05. The minimum atomic E-state index is 0.361. The predicted molar refractivity (Wildman–Crippen MR) is 71.2 cm³/mol. The van der Waals surface area contributed by atoms with Gasteiger partial charge in [0.2, 0.25) is 5.82 Å². The number of nitrogens with two attached hydrogens (primary N) is 1. The summed E-state index contributed by atoms with van der Waals surface area (Å²) in [6.07, 6.45) is 3.32. The second kappa shape index (κ2) is 5.14. The van der Waals surface area contributed by atoms with Crippen molar-refractivity contribution in [3.05, 3.63) is 42.1 Å². The smallest absolute Gasteiger partial charge is 0.258 e. The largest absolute Gasteiger partial charge is 0.334 e. The van der Waals surface area contributed by atoms with Crippen molar-refractivity contribution in [1.29, 1.82) is 0 Å². The molecule has 0 saturated carbocycles. The second-order valence-electron chi connectivity index (χ2n) is 4.15. The van der Waals surface area contributed by atoms with Gasteiger partial charge in [0, 0.05) is 24.5 Å². The number of nitrogens with zero attached hydrogens (tertiary/aromatic N) is 5. The van der Waals surface area contributed by atoms with Crippen LogP contribution in [-0.4, -0.2) is 25.1 Å². The Morgan fingerprint density at radius 2 is 2.00 bits per heavy atom. The molecule has 0 radical (unpaired) electrons. The lowest BCUT2D eigenvalue weighted by Crippen LogP contribution is -1.99. The van der Waals surface area contributed by atoms with Gasteiger partial charge in [0.25, 0.3) is 5.89 Å². The van der Waals surface area contributed by atoms with E-state index in [9.17, 15) is 0 Å². The molecule has 0 saturated heterocycles. The molecular formula is C13H12N6O. The molecule has 0 aliphatic heterocycles. The van der Waals surface area contributed by atoms with Crippen molar-refractivity contribution in [1.82, 2.24) is 25.1 Å². The van der Waals surface area contributed by atoms with Crippen LogP contribution < -0.4 is 5.73 Å². The van der Waals surface area contributed by atoms with Crippen molar-refractivity contribution < 1.29 is 4.52 Å². The lowest BCUT2D eigenvalue weighted by molar-refractivity contribution is 0.432. The quantitative estimate of drug-likeness (QED) is 0.764. The van der Waals surface area contributed by atoms with E-state index >= 15 is 0 Å². The summed E-state index contributed by atoms with van der Waals surface area (Å²) in [7, 11) is 0. The summed E-state index contributed by atoms with van der Waals surface area (Å²) in [5.41, 5.74) is 7.74. The molecule has 3 aromatic rings. The maximum absolute atomic E-state index is 5.56. The summed E-state index contributed by atoms with van der Waals surface area (Å²) in [5, 5.41) is 3.93. The van der Waals surface area contributed by atoms with Crippen molar-refractivity contribution in [3.8, 4) is 23.0 Å². The van der Waals surface area contributed by atoms with Crippen LogP contribution in [0.25, 0.3) is 23.0 Å². The maximum atomic E-state index is 5.56. The molecule has 0 aromatic carbocycles. The second-order valence-corrected chi connectivity index (χ2v) is 4.15. The Morgan fingerprint density at radius 1 is 1.15 bits per heavy atom. The SMILES string of the molecule is Cc1nccc(-c2noc(-c3ccnc(CN)c3)n2)n1. The Morgan fingerprint density at radius 3 is 2.80 bits per heavy atom. The third-order valence-corrected chi connectivity index (χ3v) is 2.70. The van der Waals surface area contributed by atoms with E-state index in [4.69, 9.17) is 10.3 Å². The van der Waals surface area contributed by atoms with E-state index in [1.807, 2.05) is 6.07 Å². The first-order chi connectivity index (χ1) is 9.76. The van der Waals surface area contributed by atoms with Crippen LogP contribution in [0, 0.1) is 6.92 Å². The van der Waals surface area contributed by atoms with Crippen molar-refractivity contribution in [2.75, 3.05) is 0 Å². The van der Waals surface area contributed by atoms with Gasteiger partial charge < -0.3 is 10.3 Å². The molecule has 0 unspecified atom stereocenters. The van der Waals surface area contributed by atoms with E-state index in [2.05, 4.69) is 25.1 Å². The van der Waals surface area contributed by atoms with E-state index < -0.39 is 0 Å². The number of rotatable bonds is 3. The summed E-state index contributed by atoms with van der Waals surface area (Å²) >= 11 is 0. The van der Waals surface area contributed by atoms with Gasteiger partial charge in [-0.25, -0.2) is 9.97 Å². The summed E-state index contributed by atoms with van der Waals surface area (Å²) in [6, 6.07) is 5.35. The van der Waals surface area contributed by atoms with Gasteiger partial charge in [-0.1, -0.05) is 5.16 Å². The molecule has 0 atom stereocenters. The summed E-state index contributed by atoms with van der Waals surface area (Å²) < 4.78 is 5.25. The molecule has 3 aromatic heterocycles. The highest BCUT2D eigenvalue weighted by molar-refractivity contribution is 5.57. The van der Waals surface area contributed by atoms with Gasteiger partial charge in [-0.15, -0.1) is 0 Å². The van der Waals surface area contributed by atoms with Crippen LogP contribution in [0.2, 0.25) is 0 Å². The predicted octanol–water partition coefficient (Wildman–Crippen LogP) is 1.36. The van der Waals surface area contributed by atoms with Gasteiger partial charge in [-0.2, -0.15) is 4.98 Å².